The lowest BCUT2D eigenvalue weighted by Gasteiger charge is -2.44. The highest BCUT2D eigenvalue weighted by Crippen LogP contribution is 2.43. The predicted octanol–water partition coefficient (Wildman–Crippen LogP) is 8.19. The molecule has 3 nitrogen and oxygen atoms in total. The average Bonchev–Trinajstić information content (AvgIpc) is 3.13. The first-order valence-electron chi connectivity index (χ1n) is 18.1. The fourth-order valence-corrected chi connectivity index (χ4v) is 18.3. The molecule has 0 spiro atoms. The van der Waals surface area contributed by atoms with Gasteiger partial charge in [0.2, 0.25) is 0 Å². The molecule has 0 fully saturated rings. The van der Waals surface area contributed by atoms with E-state index in [1.54, 1.807) is 0 Å². The molecule has 0 saturated heterocycles. The lowest BCUT2D eigenvalue weighted by atomic mass is 10.1. The van der Waals surface area contributed by atoms with Crippen molar-refractivity contribution in [2.24, 2.45) is 0 Å². The van der Waals surface area contributed by atoms with Gasteiger partial charge in [0.25, 0.3) is 0 Å². The number of benzene rings is 6. The van der Waals surface area contributed by atoms with Crippen LogP contribution in [0.5, 0.6) is 0 Å². The molecule has 0 amide bonds. The van der Waals surface area contributed by atoms with Crippen molar-refractivity contribution in [2.45, 2.75) is 46.2 Å². The van der Waals surface area contributed by atoms with Crippen molar-refractivity contribution < 1.29 is 0 Å². The minimum Gasteiger partial charge on any atom is -0.342 e. The Morgan fingerprint density at radius 2 is 0.660 bits per heavy atom. The third-order valence-electron chi connectivity index (χ3n) is 12.0. The first-order valence-corrected chi connectivity index (χ1v) is 27.1. The third-order valence-corrected chi connectivity index (χ3v) is 22.6. The summed E-state index contributed by atoms with van der Waals surface area (Å²) in [5.41, 5.74) is 10.6. The van der Waals surface area contributed by atoms with Gasteiger partial charge in [0.15, 0.2) is 0 Å². The standard InChI is InChI=1S/C44H45N3Si3/c1-8-45-33-27-25-31(46-35-17-9-13-21-39(35)48(2,3)40-22-14-10-18-36(40)46)29-43(33)50(6,7)44-30-32(26-28-34(44)45)47-37-19-11-15-23-41(37)49(4,5)42-24-16-12-20-38(42)47/h9-30H,8H2,1-7H3. The molecule has 248 valence electrons. The van der Waals surface area contributed by atoms with E-state index >= 15 is 0 Å². The Balaban J connectivity index is 1.22. The third kappa shape index (κ3) is 4.25. The molecule has 6 aromatic carbocycles. The van der Waals surface area contributed by atoms with Crippen molar-refractivity contribution >= 4 is 101 Å². The van der Waals surface area contributed by atoms with Crippen molar-refractivity contribution in [1.29, 1.82) is 0 Å². The zero-order valence-electron chi connectivity index (χ0n) is 30.3. The van der Waals surface area contributed by atoms with Gasteiger partial charge in [-0.15, -0.1) is 0 Å². The summed E-state index contributed by atoms with van der Waals surface area (Å²) >= 11 is 0. The Kier molecular flexibility index (Phi) is 6.86. The Morgan fingerprint density at radius 1 is 0.360 bits per heavy atom. The molecule has 0 unspecified atom stereocenters. The molecule has 9 rings (SSSR count). The van der Waals surface area contributed by atoms with E-state index in [0.717, 1.165) is 6.54 Å². The molecule has 0 atom stereocenters. The topological polar surface area (TPSA) is 9.72 Å². The zero-order chi connectivity index (χ0) is 34.6. The van der Waals surface area contributed by atoms with Gasteiger partial charge in [0.1, 0.15) is 24.2 Å². The van der Waals surface area contributed by atoms with Crippen LogP contribution in [0.3, 0.4) is 0 Å². The molecule has 3 heterocycles. The number of para-hydroxylation sites is 4. The van der Waals surface area contributed by atoms with Crippen LogP contribution in [0.4, 0.5) is 45.5 Å². The van der Waals surface area contributed by atoms with Crippen LogP contribution in [-0.4, -0.2) is 30.8 Å². The molecular formula is C44H45N3Si3. The van der Waals surface area contributed by atoms with Crippen molar-refractivity contribution in [3.8, 4) is 0 Å². The van der Waals surface area contributed by atoms with Gasteiger partial charge < -0.3 is 14.7 Å². The normalized spacial score (nSPS) is 17.1. The first kappa shape index (κ1) is 31.4. The van der Waals surface area contributed by atoms with Gasteiger partial charge in [-0.05, 0) is 98.7 Å². The lowest BCUT2D eigenvalue weighted by molar-refractivity contribution is 1.03. The highest BCUT2D eigenvalue weighted by Gasteiger charge is 2.43. The molecular weight excluding hydrogens is 655 g/mol. The molecule has 0 aliphatic carbocycles. The molecule has 6 aromatic rings. The zero-order valence-corrected chi connectivity index (χ0v) is 33.3. The maximum Gasteiger partial charge on any atom is 0.117 e. The van der Waals surface area contributed by atoms with Gasteiger partial charge >= 0.3 is 0 Å². The van der Waals surface area contributed by atoms with Crippen LogP contribution >= 0.6 is 0 Å². The number of hydrogen-bond donors (Lipinski definition) is 0. The summed E-state index contributed by atoms with van der Waals surface area (Å²) < 4.78 is 0. The smallest absolute Gasteiger partial charge is 0.117 e. The van der Waals surface area contributed by atoms with E-state index in [0.29, 0.717) is 0 Å². The van der Waals surface area contributed by atoms with Crippen LogP contribution < -0.4 is 45.8 Å². The highest BCUT2D eigenvalue weighted by molar-refractivity contribution is 7.04. The minimum absolute atomic E-state index is 0.924. The van der Waals surface area contributed by atoms with Gasteiger partial charge in [0, 0.05) is 52.0 Å². The van der Waals surface area contributed by atoms with Crippen LogP contribution in [-0.2, 0) is 0 Å². The van der Waals surface area contributed by atoms with Crippen LogP contribution in [0.15, 0.2) is 133 Å². The van der Waals surface area contributed by atoms with Crippen molar-refractivity contribution in [2.75, 3.05) is 21.2 Å². The Bertz CT molecular complexity index is 2080. The fraction of sp³-hybridized carbons (Fsp3) is 0.182. The average molecular weight is 700 g/mol. The number of hydrogen-bond acceptors (Lipinski definition) is 3. The van der Waals surface area contributed by atoms with Crippen molar-refractivity contribution in [3.05, 3.63) is 133 Å². The summed E-state index contributed by atoms with van der Waals surface area (Å²) in [6.45, 7) is 18.3. The van der Waals surface area contributed by atoms with E-state index in [1.165, 1.54) is 76.6 Å². The number of rotatable bonds is 3. The van der Waals surface area contributed by atoms with Gasteiger partial charge in [-0.1, -0.05) is 112 Å². The summed E-state index contributed by atoms with van der Waals surface area (Å²) in [5.74, 6) is 0. The Morgan fingerprint density at radius 3 is 0.980 bits per heavy atom. The number of nitrogens with zero attached hydrogens (tertiary/aromatic N) is 3. The van der Waals surface area contributed by atoms with Crippen molar-refractivity contribution in [3.63, 3.8) is 0 Å². The molecule has 3 aliphatic rings. The molecule has 0 saturated carbocycles. The number of anilines is 8. The first-order chi connectivity index (χ1) is 24.0. The highest BCUT2D eigenvalue weighted by atomic mass is 28.3. The Labute approximate surface area is 300 Å². The summed E-state index contributed by atoms with van der Waals surface area (Å²) in [6.07, 6.45) is 0. The summed E-state index contributed by atoms with van der Waals surface area (Å²) in [4.78, 5) is 7.64. The van der Waals surface area contributed by atoms with Crippen molar-refractivity contribution in [1.82, 2.24) is 0 Å². The maximum atomic E-state index is 2.56. The largest absolute Gasteiger partial charge is 0.342 e. The van der Waals surface area contributed by atoms with E-state index in [4.69, 9.17) is 0 Å². The SMILES string of the molecule is CCN1c2ccc(N3c4ccccc4[Si](C)(C)c4ccccc43)cc2[Si](C)(C)c2cc(N3c4ccccc4[Si](C)(C)c4ccccc43)ccc21. The second-order valence-corrected chi connectivity index (χ2v) is 28.7. The molecule has 0 bridgehead atoms. The lowest BCUT2D eigenvalue weighted by Crippen LogP contribution is -2.60. The predicted molar refractivity (Wildman–Crippen MR) is 225 cm³/mol. The number of fused-ring (bicyclic) bond motifs is 6. The summed E-state index contributed by atoms with van der Waals surface area (Å²) in [7, 11) is -5.89. The van der Waals surface area contributed by atoms with E-state index in [1.807, 2.05) is 0 Å². The van der Waals surface area contributed by atoms with Crippen LogP contribution in [0.1, 0.15) is 6.92 Å². The molecule has 3 aliphatic heterocycles. The second kappa shape index (κ2) is 10.9. The van der Waals surface area contributed by atoms with E-state index < -0.39 is 24.2 Å². The van der Waals surface area contributed by atoms with Gasteiger partial charge in [-0.3, -0.25) is 0 Å². The molecule has 0 aromatic heterocycles. The van der Waals surface area contributed by atoms with Crippen LogP contribution in [0.2, 0.25) is 39.3 Å². The maximum absolute atomic E-state index is 2.56. The molecule has 6 heteroatoms. The summed E-state index contributed by atoms with van der Waals surface area (Å²) in [6, 6.07) is 51.2. The van der Waals surface area contributed by atoms with Gasteiger partial charge in [-0.2, -0.15) is 0 Å². The van der Waals surface area contributed by atoms with Gasteiger partial charge in [0.05, 0.1) is 0 Å². The fourth-order valence-electron chi connectivity index (χ4n) is 9.31. The van der Waals surface area contributed by atoms with Gasteiger partial charge in [-0.25, -0.2) is 0 Å². The molecule has 50 heavy (non-hydrogen) atoms. The molecule has 0 N–H and O–H groups in total. The second-order valence-electron chi connectivity index (χ2n) is 15.8. The van der Waals surface area contributed by atoms with E-state index in [-0.39, 0.29) is 0 Å². The van der Waals surface area contributed by atoms with Crippen LogP contribution in [0.25, 0.3) is 0 Å². The monoisotopic (exact) mass is 699 g/mol. The van der Waals surface area contributed by atoms with E-state index in [2.05, 4.69) is 194 Å². The van der Waals surface area contributed by atoms with Crippen LogP contribution in [0, 0.1) is 0 Å². The van der Waals surface area contributed by atoms with E-state index in [9.17, 15) is 0 Å². The summed E-state index contributed by atoms with van der Waals surface area (Å²) in [5, 5.41) is 9.04. The minimum atomic E-state index is -2.18. The molecule has 0 radical (unpaired) electrons. The Hall–Kier alpha value is -4.63. The quantitative estimate of drug-likeness (QED) is 0.173.